The van der Waals surface area contributed by atoms with E-state index in [1.54, 1.807) is 0 Å². The van der Waals surface area contributed by atoms with Gasteiger partial charge in [0.15, 0.2) is 5.75 Å². The van der Waals surface area contributed by atoms with Gasteiger partial charge in [0.2, 0.25) is 5.91 Å². The first-order valence-electron chi connectivity index (χ1n) is 9.80. The number of carbonyl (C=O) groups excluding carboxylic acids is 3. The van der Waals surface area contributed by atoms with Crippen LogP contribution in [0.5, 0.6) is 11.5 Å². The molecule has 36 heavy (non-hydrogen) atoms. The zero-order valence-electron chi connectivity index (χ0n) is 18.2. The van der Waals surface area contributed by atoms with Gasteiger partial charge in [0.05, 0.1) is 33.3 Å². The van der Waals surface area contributed by atoms with Crippen LogP contribution in [-0.2, 0) is 15.8 Å². The maximum absolute atomic E-state index is 13.0. The summed E-state index contributed by atoms with van der Waals surface area (Å²) in [5.41, 5.74) is -0.904. The Hall–Kier alpha value is -3.33. The quantitative estimate of drug-likeness (QED) is 0.346. The monoisotopic (exact) mass is 558 g/mol. The van der Waals surface area contributed by atoms with Crippen molar-refractivity contribution in [3.8, 4) is 23.8 Å². The summed E-state index contributed by atoms with van der Waals surface area (Å²) in [6.07, 6.45) is 1.84. The zero-order valence-corrected chi connectivity index (χ0v) is 20.6. The topological polar surface area (TPSA) is 84.9 Å². The number of imide groups is 1. The van der Waals surface area contributed by atoms with Crippen LogP contribution in [0.15, 0.2) is 35.2 Å². The molecule has 7 nitrogen and oxygen atoms in total. The number of benzene rings is 2. The first-order valence-corrected chi connectivity index (χ1v) is 11.4. The number of halogens is 5. The molecule has 1 heterocycles. The maximum atomic E-state index is 13.0. The third-order valence-corrected chi connectivity index (χ3v) is 6.06. The molecule has 0 saturated carbocycles. The highest BCUT2D eigenvalue weighted by Gasteiger charge is 2.37. The average Bonchev–Trinajstić information content (AvgIpc) is 3.05. The van der Waals surface area contributed by atoms with E-state index >= 15 is 0 Å². The highest BCUT2D eigenvalue weighted by atomic mass is 35.5. The molecule has 1 saturated heterocycles. The lowest BCUT2D eigenvalue weighted by molar-refractivity contribution is -0.137. The van der Waals surface area contributed by atoms with Crippen LogP contribution in [0.3, 0.4) is 0 Å². The first kappa shape index (κ1) is 27.3. The van der Waals surface area contributed by atoms with Crippen LogP contribution in [-0.4, -0.2) is 42.2 Å². The molecule has 1 fully saturated rings. The second kappa shape index (κ2) is 11.2. The normalized spacial score (nSPS) is 14.7. The zero-order chi connectivity index (χ0) is 26.6. The minimum absolute atomic E-state index is 0.0196. The highest BCUT2D eigenvalue weighted by molar-refractivity contribution is 8.18. The Bertz CT molecular complexity index is 1280. The highest BCUT2D eigenvalue weighted by Crippen LogP contribution is 2.38. The van der Waals surface area contributed by atoms with E-state index in [2.05, 4.69) is 11.2 Å². The fourth-order valence-corrected chi connectivity index (χ4v) is 4.47. The number of methoxy groups -OCH3 is 1. The second-order valence-electron chi connectivity index (χ2n) is 7.04. The molecular weight excluding hydrogens is 544 g/mol. The third kappa shape index (κ3) is 6.26. The molecule has 0 spiro atoms. The molecule has 0 bridgehead atoms. The number of ether oxygens (including phenoxy) is 2. The van der Waals surface area contributed by atoms with Crippen LogP contribution in [0.4, 0.5) is 23.7 Å². The Morgan fingerprint density at radius 3 is 2.47 bits per heavy atom. The molecule has 3 rings (SSSR count). The lowest BCUT2D eigenvalue weighted by Crippen LogP contribution is -2.36. The van der Waals surface area contributed by atoms with Crippen LogP contribution in [0.2, 0.25) is 10.0 Å². The smallest absolute Gasteiger partial charge is 0.416 e. The summed E-state index contributed by atoms with van der Waals surface area (Å²) in [6.45, 7) is -0.798. The van der Waals surface area contributed by atoms with Gasteiger partial charge in [-0.25, -0.2) is 0 Å². The Kier molecular flexibility index (Phi) is 8.45. The van der Waals surface area contributed by atoms with Crippen molar-refractivity contribution in [3.05, 3.63) is 56.4 Å². The van der Waals surface area contributed by atoms with Crippen LogP contribution < -0.4 is 14.8 Å². The molecule has 0 aromatic heterocycles. The minimum Gasteiger partial charge on any atom is -0.495 e. The van der Waals surface area contributed by atoms with Crippen LogP contribution in [0.1, 0.15) is 11.1 Å². The molecule has 188 valence electrons. The number of rotatable bonds is 7. The van der Waals surface area contributed by atoms with E-state index in [1.807, 2.05) is 0 Å². The van der Waals surface area contributed by atoms with Crippen molar-refractivity contribution in [2.24, 2.45) is 0 Å². The Balaban J connectivity index is 1.76. The summed E-state index contributed by atoms with van der Waals surface area (Å²) in [6, 6.07) is 5.41. The summed E-state index contributed by atoms with van der Waals surface area (Å²) >= 11 is 12.9. The molecule has 1 aliphatic rings. The van der Waals surface area contributed by atoms with Crippen LogP contribution in [0, 0.1) is 12.3 Å². The molecular formula is C23H15Cl2F3N2O5S. The van der Waals surface area contributed by atoms with Gasteiger partial charge >= 0.3 is 6.18 Å². The summed E-state index contributed by atoms with van der Waals surface area (Å²) < 4.78 is 49.3. The molecule has 2 aromatic rings. The second-order valence-corrected chi connectivity index (χ2v) is 8.84. The van der Waals surface area contributed by atoms with Gasteiger partial charge < -0.3 is 14.8 Å². The van der Waals surface area contributed by atoms with E-state index in [-0.39, 0.29) is 38.7 Å². The van der Waals surface area contributed by atoms with E-state index in [4.69, 9.17) is 39.1 Å². The summed E-state index contributed by atoms with van der Waals surface area (Å²) in [7, 11) is 1.21. The SMILES string of the molecule is C#CCOc1c(Cl)cc(/C=C2\SC(=O)N(CC(=O)Nc3cc(C(F)(F)F)ccc3OC)C2=O)cc1Cl. The molecule has 3 amide bonds. The van der Waals surface area contributed by atoms with Crippen molar-refractivity contribution < 1.29 is 37.0 Å². The molecule has 2 aromatic carbocycles. The van der Waals surface area contributed by atoms with E-state index in [9.17, 15) is 27.6 Å². The third-order valence-electron chi connectivity index (χ3n) is 4.59. The lowest BCUT2D eigenvalue weighted by Gasteiger charge is -2.16. The molecule has 0 aliphatic carbocycles. The summed E-state index contributed by atoms with van der Waals surface area (Å²) in [4.78, 5) is 38.2. The molecule has 1 N–H and O–H groups in total. The Morgan fingerprint density at radius 1 is 1.22 bits per heavy atom. The first-order chi connectivity index (χ1) is 16.9. The van der Waals surface area contributed by atoms with E-state index in [0.717, 1.165) is 12.1 Å². The Morgan fingerprint density at radius 2 is 1.89 bits per heavy atom. The van der Waals surface area contributed by atoms with E-state index in [0.29, 0.717) is 28.3 Å². The number of terminal acetylenes is 1. The standard InChI is InChI=1S/C23H15Cl2F3N2O5S/c1-3-6-35-20-14(24)7-12(8-15(20)25)9-18-21(32)30(22(33)36-18)11-19(31)29-16-10-13(23(26,27)28)4-5-17(16)34-2/h1,4-5,7-10H,6,11H2,2H3,(H,29,31)/b18-9-. The number of anilines is 1. The van der Waals surface area contributed by atoms with Gasteiger partial charge in [0.25, 0.3) is 11.1 Å². The van der Waals surface area contributed by atoms with Gasteiger partial charge in [-0.3, -0.25) is 19.3 Å². The molecule has 13 heteroatoms. The minimum atomic E-state index is -4.65. The van der Waals surface area contributed by atoms with Crippen molar-refractivity contribution in [3.63, 3.8) is 0 Å². The molecule has 1 aliphatic heterocycles. The predicted octanol–water partition coefficient (Wildman–Crippen LogP) is 5.71. The van der Waals surface area contributed by atoms with Crippen molar-refractivity contribution in [1.29, 1.82) is 0 Å². The van der Waals surface area contributed by atoms with Crippen molar-refractivity contribution >= 4 is 63.8 Å². The van der Waals surface area contributed by atoms with Crippen LogP contribution in [0.25, 0.3) is 6.08 Å². The number of hydrogen-bond donors (Lipinski definition) is 1. The number of amides is 3. The Labute approximate surface area is 217 Å². The van der Waals surface area contributed by atoms with E-state index < -0.39 is 35.3 Å². The van der Waals surface area contributed by atoms with Gasteiger partial charge in [-0.05, 0) is 53.7 Å². The van der Waals surface area contributed by atoms with Crippen LogP contribution >= 0.6 is 35.0 Å². The van der Waals surface area contributed by atoms with E-state index in [1.165, 1.54) is 25.3 Å². The van der Waals surface area contributed by atoms with Gasteiger partial charge in [-0.2, -0.15) is 13.2 Å². The van der Waals surface area contributed by atoms with Gasteiger partial charge in [0.1, 0.15) is 18.9 Å². The van der Waals surface area contributed by atoms with Gasteiger partial charge in [-0.1, -0.05) is 29.1 Å². The number of thioether (sulfide) groups is 1. The number of nitrogens with one attached hydrogen (secondary N) is 1. The summed E-state index contributed by atoms with van der Waals surface area (Å²) in [5, 5.41) is 1.74. The number of carbonyl (C=O) groups is 3. The van der Waals surface area contributed by atoms with Gasteiger partial charge in [-0.15, -0.1) is 6.42 Å². The van der Waals surface area contributed by atoms with Crippen molar-refractivity contribution in [1.82, 2.24) is 4.90 Å². The fraction of sp³-hybridized carbons (Fsp3) is 0.174. The average molecular weight is 559 g/mol. The van der Waals surface area contributed by atoms with Gasteiger partial charge in [0, 0.05) is 0 Å². The largest absolute Gasteiger partial charge is 0.495 e. The van der Waals surface area contributed by atoms with Crippen molar-refractivity contribution in [2.75, 3.05) is 25.6 Å². The molecule has 0 radical (unpaired) electrons. The summed E-state index contributed by atoms with van der Waals surface area (Å²) in [5.74, 6) is 0.709. The predicted molar refractivity (Wildman–Crippen MR) is 130 cm³/mol. The lowest BCUT2D eigenvalue weighted by atomic mass is 10.1. The number of alkyl halides is 3. The molecule has 0 unspecified atom stereocenters. The fourth-order valence-electron chi connectivity index (χ4n) is 3.02. The number of nitrogens with zero attached hydrogens (tertiary/aromatic N) is 1. The maximum Gasteiger partial charge on any atom is 0.416 e. The molecule has 0 atom stereocenters. The number of hydrogen-bond acceptors (Lipinski definition) is 6. The van der Waals surface area contributed by atoms with Crippen molar-refractivity contribution in [2.45, 2.75) is 6.18 Å².